The van der Waals surface area contributed by atoms with Crippen molar-refractivity contribution in [1.29, 1.82) is 0 Å². The van der Waals surface area contributed by atoms with E-state index in [1.54, 1.807) is 0 Å². The molecule has 0 amide bonds. The Morgan fingerprint density at radius 1 is 1.46 bits per heavy atom. The molecule has 0 unspecified atom stereocenters. The second-order valence-corrected chi connectivity index (χ2v) is 3.55. The quantitative estimate of drug-likeness (QED) is 0.677. The number of anilines is 2. The van der Waals surface area contributed by atoms with Crippen LogP contribution in [0.5, 0.6) is 0 Å². The first-order chi connectivity index (χ1) is 5.95. The van der Waals surface area contributed by atoms with Gasteiger partial charge in [0.25, 0.3) is 0 Å². The Bertz CT molecular complexity index is 381. The topological polar surface area (TPSA) is 89.3 Å². The first-order valence-electron chi connectivity index (χ1n) is 3.21. The smallest absolute Gasteiger partial charge is 0.337 e. The third kappa shape index (κ3) is 1.71. The van der Waals surface area contributed by atoms with Gasteiger partial charge in [-0.25, -0.2) is 4.79 Å². The van der Waals surface area contributed by atoms with Gasteiger partial charge in [0.1, 0.15) is 0 Å². The molecule has 0 bridgehead atoms. The number of carbonyl (C=O) groups is 1. The van der Waals surface area contributed by atoms with Gasteiger partial charge in [-0.15, -0.1) is 0 Å². The standard InChI is InChI=1S/C7H6BrClN2O2/c8-4-3(9)1-2(7(12)13)5(10)6(4)11/h1H,10-11H2,(H,12,13). The molecular weight excluding hydrogens is 259 g/mol. The summed E-state index contributed by atoms with van der Waals surface area (Å²) in [5.74, 6) is -1.15. The highest BCUT2D eigenvalue weighted by Gasteiger charge is 2.15. The third-order valence-electron chi connectivity index (χ3n) is 1.53. The van der Waals surface area contributed by atoms with Crippen molar-refractivity contribution in [3.8, 4) is 0 Å². The van der Waals surface area contributed by atoms with Crippen molar-refractivity contribution >= 4 is 44.9 Å². The lowest BCUT2D eigenvalue weighted by Gasteiger charge is -2.07. The van der Waals surface area contributed by atoms with E-state index < -0.39 is 5.97 Å². The fourth-order valence-electron chi connectivity index (χ4n) is 0.837. The van der Waals surface area contributed by atoms with E-state index in [4.69, 9.17) is 28.2 Å². The van der Waals surface area contributed by atoms with Gasteiger partial charge in [-0.05, 0) is 22.0 Å². The summed E-state index contributed by atoms with van der Waals surface area (Å²) in [6.45, 7) is 0. The van der Waals surface area contributed by atoms with E-state index in [1.165, 1.54) is 6.07 Å². The molecule has 0 fully saturated rings. The second-order valence-electron chi connectivity index (χ2n) is 2.35. The zero-order valence-electron chi connectivity index (χ0n) is 6.34. The van der Waals surface area contributed by atoms with Crippen LogP contribution in [0.4, 0.5) is 11.4 Å². The molecule has 5 N–H and O–H groups in total. The predicted octanol–water partition coefficient (Wildman–Crippen LogP) is 1.97. The molecule has 0 saturated heterocycles. The Labute approximate surface area is 87.6 Å². The van der Waals surface area contributed by atoms with E-state index in [-0.39, 0.29) is 22.0 Å². The van der Waals surface area contributed by atoms with E-state index in [1.807, 2.05) is 0 Å². The summed E-state index contributed by atoms with van der Waals surface area (Å²) in [6.07, 6.45) is 0. The maximum Gasteiger partial charge on any atom is 0.337 e. The van der Waals surface area contributed by atoms with Crippen LogP contribution in [0.3, 0.4) is 0 Å². The van der Waals surface area contributed by atoms with Gasteiger partial charge >= 0.3 is 5.97 Å². The molecular formula is C7H6BrClN2O2. The highest BCUT2D eigenvalue weighted by Crippen LogP contribution is 2.35. The molecule has 1 aromatic carbocycles. The Hall–Kier alpha value is -0.940. The van der Waals surface area contributed by atoms with Crippen molar-refractivity contribution in [2.75, 3.05) is 11.5 Å². The SMILES string of the molecule is Nc1c(C(=O)O)cc(Cl)c(Br)c1N. The predicted molar refractivity (Wildman–Crippen MR) is 54.9 cm³/mol. The lowest BCUT2D eigenvalue weighted by molar-refractivity contribution is 0.0698. The zero-order chi connectivity index (χ0) is 10.2. The zero-order valence-corrected chi connectivity index (χ0v) is 8.69. The number of nitrogens with two attached hydrogens (primary N) is 2. The molecule has 0 aliphatic heterocycles. The molecule has 0 atom stereocenters. The van der Waals surface area contributed by atoms with E-state index >= 15 is 0 Å². The highest BCUT2D eigenvalue weighted by molar-refractivity contribution is 9.10. The van der Waals surface area contributed by atoms with Crippen molar-refractivity contribution in [3.05, 3.63) is 21.1 Å². The molecule has 0 heterocycles. The van der Waals surface area contributed by atoms with Crippen LogP contribution in [0.2, 0.25) is 5.02 Å². The summed E-state index contributed by atoms with van der Waals surface area (Å²) in [6, 6.07) is 1.25. The largest absolute Gasteiger partial charge is 0.478 e. The van der Waals surface area contributed by atoms with Crippen LogP contribution in [0.25, 0.3) is 0 Å². The van der Waals surface area contributed by atoms with Crippen molar-refractivity contribution in [1.82, 2.24) is 0 Å². The maximum atomic E-state index is 10.6. The Kier molecular flexibility index (Phi) is 2.68. The molecule has 0 spiro atoms. The second kappa shape index (κ2) is 3.43. The first kappa shape index (κ1) is 10.1. The Balaban J connectivity index is 3.50. The van der Waals surface area contributed by atoms with Gasteiger partial charge in [0.05, 0.1) is 26.4 Å². The maximum absolute atomic E-state index is 10.6. The average molecular weight is 265 g/mol. The fraction of sp³-hybridized carbons (Fsp3) is 0. The molecule has 4 nitrogen and oxygen atoms in total. The fourth-order valence-corrected chi connectivity index (χ4v) is 1.38. The van der Waals surface area contributed by atoms with E-state index in [2.05, 4.69) is 15.9 Å². The Morgan fingerprint density at radius 3 is 2.46 bits per heavy atom. The molecule has 70 valence electrons. The van der Waals surface area contributed by atoms with Crippen molar-refractivity contribution in [2.45, 2.75) is 0 Å². The number of hydrogen-bond donors (Lipinski definition) is 3. The number of hydrogen-bond acceptors (Lipinski definition) is 3. The van der Waals surface area contributed by atoms with E-state index in [0.717, 1.165) is 0 Å². The number of rotatable bonds is 1. The normalized spacial score (nSPS) is 10.0. The number of nitrogen functional groups attached to an aromatic ring is 2. The summed E-state index contributed by atoms with van der Waals surface area (Å²) in [5, 5.41) is 8.92. The number of aromatic carboxylic acids is 1. The van der Waals surface area contributed by atoms with Crippen molar-refractivity contribution in [2.24, 2.45) is 0 Å². The van der Waals surface area contributed by atoms with Gasteiger partial charge in [0, 0.05) is 0 Å². The summed E-state index contributed by atoms with van der Waals surface area (Å²) < 4.78 is 0.414. The minimum Gasteiger partial charge on any atom is -0.478 e. The highest BCUT2D eigenvalue weighted by atomic mass is 79.9. The molecule has 1 rings (SSSR count). The molecule has 0 saturated carbocycles. The monoisotopic (exact) mass is 264 g/mol. The number of halogens is 2. The lowest BCUT2D eigenvalue weighted by Crippen LogP contribution is -2.06. The van der Waals surface area contributed by atoms with E-state index in [9.17, 15) is 4.79 Å². The molecule has 6 heteroatoms. The summed E-state index contributed by atoms with van der Waals surface area (Å²) in [7, 11) is 0. The van der Waals surface area contributed by atoms with Gasteiger partial charge in [-0.1, -0.05) is 11.6 Å². The molecule has 0 radical (unpaired) electrons. The minimum absolute atomic E-state index is 0.0174. The van der Waals surface area contributed by atoms with Gasteiger partial charge in [0.15, 0.2) is 0 Å². The van der Waals surface area contributed by atoms with Gasteiger partial charge < -0.3 is 16.6 Å². The number of benzene rings is 1. The minimum atomic E-state index is -1.15. The van der Waals surface area contributed by atoms with Crippen LogP contribution in [0, 0.1) is 0 Å². The molecule has 0 aliphatic rings. The average Bonchev–Trinajstić information content (AvgIpc) is 2.07. The van der Waals surface area contributed by atoms with Crippen LogP contribution < -0.4 is 11.5 Å². The molecule has 0 aliphatic carbocycles. The molecule has 1 aromatic rings. The van der Waals surface area contributed by atoms with Gasteiger partial charge in [-0.3, -0.25) is 0 Å². The van der Waals surface area contributed by atoms with Crippen LogP contribution in [0.1, 0.15) is 10.4 Å². The van der Waals surface area contributed by atoms with Crippen molar-refractivity contribution in [3.63, 3.8) is 0 Å². The first-order valence-corrected chi connectivity index (χ1v) is 4.38. The Morgan fingerprint density at radius 2 is 2.00 bits per heavy atom. The van der Waals surface area contributed by atoms with Crippen molar-refractivity contribution < 1.29 is 9.90 Å². The van der Waals surface area contributed by atoms with Crippen LogP contribution >= 0.6 is 27.5 Å². The number of carboxylic acids is 1. The summed E-state index contributed by atoms with van der Waals surface area (Å²) in [5.41, 5.74) is 11.0. The third-order valence-corrected chi connectivity index (χ3v) is 2.91. The number of carboxylic acid groups (broad SMARTS) is 1. The lowest BCUT2D eigenvalue weighted by atomic mass is 10.1. The summed E-state index contributed by atoms with van der Waals surface area (Å²) >= 11 is 8.77. The van der Waals surface area contributed by atoms with Gasteiger partial charge in [0.2, 0.25) is 0 Å². The summed E-state index contributed by atoms with van der Waals surface area (Å²) in [4.78, 5) is 10.6. The van der Waals surface area contributed by atoms with Gasteiger partial charge in [-0.2, -0.15) is 0 Å². The van der Waals surface area contributed by atoms with Crippen LogP contribution in [-0.4, -0.2) is 11.1 Å². The van der Waals surface area contributed by atoms with Crippen LogP contribution in [0.15, 0.2) is 10.5 Å². The molecule has 13 heavy (non-hydrogen) atoms. The van der Waals surface area contributed by atoms with Crippen LogP contribution in [-0.2, 0) is 0 Å². The molecule has 0 aromatic heterocycles. The van der Waals surface area contributed by atoms with E-state index in [0.29, 0.717) is 4.47 Å².